The summed E-state index contributed by atoms with van der Waals surface area (Å²) in [6.45, 7) is 47.2. The van der Waals surface area contributed by atoms with E-state index in [2.05, 4.69) is 142 Å². The molecule has 0 amide bonds. The summed E-state index contributed by atoms with van der Waals surface area (Å²) in [5, 5.41) is 3.63. The summed E-state index contributed by atoms with van der Waals surface area (Å²) in [5.74, 6) is 0. The van der Waals surface area contributed by atoms with E-state index >= 15 is 0 Å². The second-order valence-electron chi connectivity index (χ2n) is 17.5. The van der Waals surface area contributed by atoms with Crippen molar-refractivity contribution in [2.24, 2.45) is 0 Å². The van der Waals surface area contributed by atoms with Gasteiger partial charge in [0, 0.05) is 0 Å². The summed E-state index contributed by atoms with van der Waals surface area (Å²) < 4.78 is 4.34. The van der Waals surface area contributed by atoms with Crippen molar-refractivity contribution in [1.29, 1.82) is 0 Å². The van der Waals surface area contributed by atoms with E-state index in [1.54, 1.807) is 8.94 Å². The van der Waals surface area contributed by atoms with Gasteiger partial charge in [-0.3, -0.25) is 0 Å². The zero-order valence-corrected chi connectivity index (χ0v) is 34.4. The zero-order chi connectivity index (χ0) is 27.8. The third-order valence-electron chi connectivity index (χ3n) is 8.79. The third-order valence-corrected chi connectivity index (χ3v) is 36.1. The van der Waals surface area contributed by atoms with Crippen molar-refractivity contribution in [3.05, 3.63) is 43.6 Å². The molecule has 0 radical (unpaired) electrons. The molecule has 35 heavy (non-hydrogen) atoms. The van der Waals surface area contributed by atoms with Gasteiger partial charge in [0.2, 0.25) is 0 Å². The van der Waals surface area contributed by atoms with E-state index in [9.17, 15) is 0 Å². The van der Waals surface area contributed by atoms with Gasteiger partial charge in [-0.1, -0.05) is 0 Å². The van der Waals surface area contributed by atoms with Gasteiger partial charge < -0.3 is 0 Å². The SMILES string of the molecule is C[Si](C)(C)C1=CC([Si](C)(C)C)([Si](C)(C)C)C=C1[Se]C1=CC([Si](C)(C)C)([Si](C)(C)C)C=C1[Si](C)(C)C. The van der Waals surface area contributed by atoms with Crippen LogP contribution in [0.25, 0.3) is 0 Å². The van der Waals surface area contributed by atoms with E-state index in [0.29, 0.717) is 24.3 Å². The van der Waals surface area contributed by atoms with Crippen molar-refractivity contribution in [3.63, 3.8) is 0 Å². The molecular weight excluding hydrogens is 584 g/mol. The maximum atomic E-state index is 2.91. The molecule has 0 aromatic carbocycles. The van der Waals surface area contributed by atoms with E-state index in [-0.39, 0.29) is 0 Å². The van der Waals surface area contributed by atoms with Gasteiger partial charge in [-0.25, -0.2) is 0 Å². The Morgan fingerprint density at radius 2 is 0.629 bits per heavy atom. The van der Waals surface area contributed by atoms with Crippen molar-refractivity contribution in [3.8, 4) is 0 Å². The molecule has 0 spiro atoms. The van der Waals surface area contributed by atoms with Gasteiger partial charge in [0.25, 0.3) is 0 Å². The molecule has 0 unspecified atom stereocenters. The monoisotopic (exact) mass is 642 g/mol. The molecule has 0 heterocycles. The summed E-state index contributed by atoms with van der Waals surface area (Å²) in [6.07, 6.45) is 11.6. The summed E-state index contributed by atoms with van der Waals surface area (Å²) in [5.41, 5.74) is 0. The third kappa shape index (κ3) is 5.73. The first-order valence-corrected chi connectivity index (χ1v) is 36.4. The first-order chi connectivity index (χ1) is 15.1. The van der Waals surface area contributed by atoms with Crippen LogP contribution in [-0.2, 0) is 0 Å². The van der Waals surface area contributed by atoms with Crippen molar-refractivity contribution in [1.82, 2.24) is 0 Å². The van der Waals surface area contributed by atoms with Gasteiger partial charge >= 0.3 is 234 Å². The Morgan fingerprint density at radius 3 is 0.800 bits per heavy atom. The molecule has 0 saturated heterocycles. The zero-order valence-electron chi connectivity index (χ0n) is 26.7. The minimum absolute atomic E-state index is 0.379. The predicted molar refractivity (Wildman–Crippen MR) is 184 cm³/mol. The number of hydrogen-bond donors (Lipinski definition) is 0. The fourth-order valence-corrected chi connectivity index (χ4v) is 40.4. The van der Waals surface area contributed by atoms with Gasteiger partial charge in [-0.05, 0) is 0 Å². The predicted octanol–water partition coefficient (Wildman–Crippen LogP) is 10.0. The van der Waals surface area contributed by atoms with Crippen molar-refractivity contribution in [2.45, 2.75) is 127 Å². The molecule has 0 bridgehead atoms. The number of hydrogen-bond acceptors (Lipinski definition) is 0. The van der Waals surface area contributed by atoms with Crippen LogP contribution in [0.4, 0.5) is 0 Å². The van der Waals surface area contributed by atoms with Crippen LogP contribution in [0.2, 0.25) is 127 Å². The molecule has 0 N–H and O–H groups in total. The fraction of sp³-hybridized carbons (Fsp3) is 0.714. The first kappa shape index (κ1) is 32.0. The summed E-state index contributed by atoms with van der Waals surface area (Å²) in [4.78, 5) is 0. The second kappa shape index (κ2) is 9.17. The van der Waals surface area contributed by atoms with E-state index in [1.807, 2.05) is 10.4 Å². The van der Waals surface area contributed by atoms with Gasteiger partial charge in [-0.2, -0.15) is 0 Å². The van der Waals surface area contributed by atoms with Crippen LogP contribution in [-0.4, -0.2) is 63.4 Å². The van der Waals surface area contributed by atoms with Crippen LogP contribution in [0, 0.1) is 0 Å². The molecule has 0 nitrogen and oxygen atoms in total. The normalized spacial score (nSPS) is 21.5. The van der Waals surface area contributed by atoms with Crippen molar-refractivity contribution < 1.29 is 0 Å². The Hall–Kier alpha value is 0.781. The topological polar surface area (TPSA) is 0 Å². The average Bonchev–Trinajstić information content (AvgIpc) is 3.13. The van der Waals surface area contributed by atoms with Crippen LogP contribution >= 0.6 is 0 Å². The van der Waals surface area contributed by atoms with Crippen LogP contribution < -0.4 is 0 Å². The van der Waals surface area contributed by atoms with Crippen molar-refractivity contribution in [2.75, 3.05) is 0 Å². The van der Waals surface area contributed by atoms with E-state index in [4.69, 9.17) is 0 Å². The van der Waals surface area contributed by atoms with E-state index < -0.39 is 48.4 Å². The Labute approximate surface area is 232 Å². The molecular formula is C28H58SeSi6. The van der Waals surface area contributed by atoms with Crippen LogP contribution in [0.1, 0.15) is 0 Å². The summed E-state index contributed by atoms with van der Waals surface area (Å²) >= 11 is 0.417. The Morgan fingerprint density at radius 1 is 0.400 bits per heavy atom. The molecule has 2 aliphatic carbocycles. The molecule has 0 saturated carbocycles. The Balaban J connectivity index is 2.84. The van der Waals surface area contributed by atoms with Gasteiger partial charge in [0.15, 0.2) is 0 Å². The molecule has 0 aliphatic heterocycles. The Bertz CT molecular complexity index is 863. The van der Waals surface area contributed by atoms with Crippen molar-refractivity contribution >= 4 is 63.4 Å². The quantitative estimate of drug-likeness (QED) is 0.231. The van der Waals surface area contributed by atoms with Crippen LogP contribution in [0.15, 0.2) is 43.6 Å². The summed E-state index contributed by atoms with van der Waals surface area (Å²) in [6, 6.07) is 0. The standard InChI is InChI=1S/C28H58SeSi6/c1-30(2,3)25-21-27(32(7,8)9,33(10,11)12)19-23(25)29-24-20-28(34(13,14)15,35(16,17)18)22-26(24)31(4,5)6/h19-22H,1-18H3. The van der Waals surface area contributed by atoms with E-state index in [1.165, 1.54) is 0 Å². The second-order valence-corrected chi connectivity index (χ2v) is 52.1. The summed E-state index contributed by atoms with van der Waals surface area (Å²) in [7, 11) is -8.66. The van der Waals surface area contributed by atoms with Gasteiger partial charge in [-0.15, -0.1) is 0 Å². The average molecular weight is 642 g/mol. The Kier molecular flexibility index (Phi) is 8.38. The van der Waals surface area contributed by atoms with Crippen LogP contribution in [0.3, 0.4) is 0 Å². The molecule has 2 aliphatic rings. The molecule has 0 fully saturated rings. The molecule has 200 valence electrons. The van der Waals surface area contributed by atoms with Gasteiger partial charge in [0.05, 0.1) is 0 Å². The molecule has 0 aromatic heterocycles. The van der Waals surface area contributed by atoms with Gasteiger partial charge in [0.1, 0.15) is 0 Å². The molecule has 2 rings (SSSR count). The van der Waals surface area contributed by atoms with E-state index in [0.717, 1.165) is 0 Å². The number of rotatable bonds is 8. The van der Waals surface area contributed by atoms with Crippen LogP contribution in [0.5, 0.6) is 0 Å². The molecule has 7 heteroatoms. The molecule has 0 atom stereocenters. The maximum absolute atomic E-state index is 2.91. The first-order valence-electron chi connectivity index (χ1n) is 13.7. The molecule has 0 aromatic rings. The minimum atomic E-state index is -1.45. The fourth-order valence-electron chi connectivity index (χ4n) is 6.69. The number of allylic oxidation sites excluding steroid dienone is 8.